The molecule has 1 aromatic rings. The summed E-state index contributed by atoms with van der Waals surface area (Å²) in [5.41, 5.74) is -1.12. The molecule has 8 heteroatoms. The molecule has 2 amide bonds. The molecule has 0 radical (unpaired) electrons. The first-order valence-electron chi connectivity index (χ1n) is 8.49. The molecule has 0 aromatic carbocycles. The van der Waals surface area contributed by atoms with Gasteiger partial charge in [-0.15, -0.1) is 0 Å². The van der Waals surface area contributed by atoms with E-state index in [1.165, 1.54) is 26.3 Å². The van der Waals surface area contributed by atoms with Crippen molar-refractivity contribution in [2.24, 2.45) is 12.5 Å². The smallest absolute Gasteiger partial charge is 0.335 e. The van der Waals surface area contributed by atoms with Gasteiger partial charge >= 0.3 is 12.2 Å². The van der Waals surface area contributed by atoms with Crippen LogP contribution in [0.25, 0.3) is 0 Å². The van der Waals surface area contributed by atoms with Crippen LogP contribution in [0.1, 0.15) is 57.1 Å². The van der Waals surface area contributed by atoms with E-state index in [2.05, 4.69) is 15.7 Å². The number of nitrogens with one attached hydrogen (secondary N) is 2. The van der Waals surface area contributed by atoms with Crippen LogP contribution in [0.5, 0.6) is 0 Å². The number of hydrogen-bond donors (Lipinski definition) is 2. The largest absolute Gasteiger partial charge is 0.435 e. The molecule has 0 bridgehead atoms. The Morgan fingerprint density at radius 3 is 2.58 bits per heavy atom. The first kappa shape index (κ1) is 17.1. The Labute approximate surface area is 139 Å². The monoisotopic (exact) mass is 344 g/mol. The first-order valence-corrected chi connectivity index (χ1v) is 8.49. The molecule has 1 spiro atoms. The molecule has 2 fully saturated rings. The Kier molecular flexibility index (Phi) is 4.48. The number of aromatic nitrogens is 2. The molecule has 2 saturated carbocycles. The Bertz CT molecular complexity index is 605. The summed E-state index contributed by atoms with van der Waals surface area (Å²) in [5.74, 6) is 0. The molecule has 2 N–H and O–H groups in total. The Hall–Kier alpha value is -1.73. The van der Waals surface area contributed by atoms with Crippen LogP contribution in [-0.4, -0.2) is 21.9 Å². The van der Waals surface area contributed by atoms with Gasteiger partial charge in [0, 0.05) is 13.1 Å². The second-order valence-electron chi connectivity index (χ2n) is 6.99. The van der Waals surface area contributed by atoms with Crippen molar-refractivity contribution in [1.82, 2.24) is 15.1 Å². The maximum atomic E-state index is 13.1. The summed E-state index contributed by atoms with van der Waals surface area (Å²) >= 11 is 0. The summed E-state index contributed by atoms with van der Waals surface area (Å²) in [6.07, 6.45) is 5.28. The SMILES string of the molecule is Cn1ncc(NC(=O)NC2CCCC23CCCCC3)c1C(F)(F)F. The van der Waals surface area contributed by atoms with E-state index in [4.69, 9.17) is 0 Å². The van der Waals surface area contributed by atoms with Crippen molar-refractivity contribution in [1.29, 1.82) is 0 Å². The highest BCUT2D eigenvalue weighted by atomic mass is 19.4. The number of carbonyl (C=O) groups excluding carboxylic acids is 1. The highest BCUT2D eigenvalue weighted by Crippen LogP contribution is 2.49. The summed E-state index contributed by atoms with van der Waals surface area (Å²) in [7, 11) is 1.21. The van der Waals surface area contributed by atoms with Crippen LogP contribution >= 0.6 is 0 Å². The lowest BCUT2D eigenvalue weighted by Crippen LogP contribution is -2.47. The van der Waals surface area contributed by atoms with Gasteiger partial charge < -0.3 is 10.6 Å². The van der Waals surface area contributed by atoms with Gasteiger partial charge in [0.05, 0.1) is 11.9 Å². The molecule has 1 aromatic heterocycles. The third-order valence-electron chi connectivity index (χ3n) is 5.52. The lowest BCUT2D eigenvalue weighted by molar-refractivity contribution is -0.143. The molecule has 3 rings (SSSR count). The van der Waals surface area contributed by atoms with E-state index in [-0.39, 0.29) is 17.1 Å². The second-order valence-corrected chi connectivity index (χ2v) is 6.99. The number of alkyl halides is 3. The van der Waals surface area contributed by atoms with Gasteiger partial charge in [-0.25, -0.2) is 4.79 Å². The van der Waals surface area contributed by atoms with Gasteiger partial charge in [0.25, 0.3) is 0 Å². The van der Waals surface area contributed by atoms with Gasteiger partial charge in [-0.2, -0.15) is 18.3 Å². The van der Waals surface area contributed by atoms with Crippen molar-refractivity contribution in [2.75, 3.05) is 5.32 Å². The minimum absolute atomic E-state index is 0.0452. The van der Waals surface area contributed by atoms with Crippen molar-refractivity contribution in [3.63, 3.8) is 0 Å². The standard InChI is InChI=1S/C16H23F3N4O/c1-23-13(16(17,18)19)11(10-20-23)21-14(24)22-12-6-5-9-15(12)7-3-2-4-8-15/h10,12H,2-9H2,1H3,(H2,21,22,24). The highest BCUT2D eigenvalue weighted by molar-refractivity contribution is 5.90. The van der Waals surface area contributed by atoms with Crippen LogP contribution in [0.4, 0.5) is 23.7 Å². The van der Waals surface area contributed by atoms with Gasteiger partial charge in [-0.3, -0.25) is 4.68 Å². The number of hydrogen-bond acceptors (Lipinski definition) is 2. The van der Waals surface area contributed by atoms with Crippen LogP contribution in [-0.2, 0) is 13.2 Å². The van der Waals surface area contributed by atoms with Gasteiger partial charge in [0.15, 0.2) is 5.69 Å². The zero-order chi connectivity index (χ0) is 17.4. The number of aryl methyl sites for hydroxylation is 1. The molecule has 2 aliphatic rings. The zero-order valence-electron chi connectivity index (χ0n) is 13.7. The number of rotatable bonds is 2. The summed E-state index contributed by atoms with van der Waals surface area (Å²) < 4.78 is 39.9. The predicted octanol–water partition coefficient (Wildman–Crippen LogP) is 4.06. The van der Waals surface area contributed by atoms with E-state index in [1.807, 2.05) is 0 Å². The highest BCUT2D eigenvalue weighted by Gasteiger charge is 2.44. The molecule has 1 atom stereocenters. The Balaban J connectivity index is 1.68. The molecule has 1 unspecified atom stereocenters. The van der Waals surface area contributed by atoms with Gasteiger partial charge in [0.2, 0.25) is 0 Å². The van der Waals surface area contributed by atoms with E-state index in [0.29, 0.717) is 0 Å². The third kappa shape index (κ3) is 3.23. The van der Waals surface area contributed by atoms with Crippen molar-refractivity contribution >= 4 is 11.7 Å². The predicted molar refractivity (Wildman–Crippen MR) is 83.5 cm³/mol. The average molecular weight is 344 g/mol. The normalized spacial score (nSPS) is 23.4. The fourth-order valence-corrected chi connectivity index (χ4v) is 4.40. The molecule has 1 heterocycles. The number of amides is 2. The van der Waals surface area contributed by atoms with E-state index in [0.717, 1.165) is 43.0 Å². The van der Waals surface area contributed by atoms with Crippen LogP contribution in [0.2, 0.25) is 0 Å². The number of carbonyl (C=O) groups is 1. The van der Waals surface area contributed by atoms with E-state index >= 15 is 0 Å². The van der Waals surface area contributed by atoms with Crippen LogP contribution in [0, 0.1) is 5.41 Å². The molecular formula is C16H23F3N4O. The first-order chi connectivity index (χ1) is 11.3. The molecule has 2 aliphatic carbocycles. The zero-order valence-corrected chi connectivity index (χ0v) is 13.7. The van der Waals surface area contributed by atoms with Crippen molar-refractivity contribution in [3.05, 3.63) is 11.9 Å². The summed E-state index contributed by atoms with van der Waals surface area (Å²) in [5, 5.41) is 8.86. The van der Waals surface area contributed by atoms with Gasteiger partial charge in [-0.1, -0.05) is 25.7 Å². The Morgan fingerprint density at radius 2 is 1.92 bits per heavy atom. The lowest BCUT2D eigenvalue weighted by Gasteiger charge is -2.39. The summed E-state index contributed by atoms with van der Waals surface area (Å²) in [6, 6.07) is -0.533. The fourth-order valence-electron chi connectivity index (χ4n) is 4.40. The van der Waals surface area contributed by atoms with E-state index in [1.54, 1.807) is 0 Å². The number of anilines is 1. The number of urea groups is 1. The van der Waals surface area contributed by atoms with Gasteiger partial charge in [-0.05, 0) is 31.1 Å². The molecule has 0 saturated heterocycles. The fraction of sp³-hybridized carbons (Fsp3) is 0.750. The van der Waals surface area contributed by atoms with Crippen LogP contribution < -0.4 is 10.6 Å². The van der Waals surface area contributed by atoms with Gasteiger partial charge in [0.1, 0.15) is 0 Å². The maximum absolute atomic E-state index is 13.1. The van der Waals surface area contributed by atoms with Crippen molar-refractivity contribution in [3.8, 4) is 0 Å². The van der Waals surface area contributed by atoms with Crippen molar-refractivity contribution in [2.45, 2.75) is 63.6 Å². The molecule has 24 heavy (non-hydrogen) atoms. The minimum atomic E-state index is -4.56. The Morgan fingerprint density at radius 1 is 1.25 bits per heavy atom. The number of nitrogens with zero attached hydrogens (tertiary/aromatic N) is 2. The minimum Gasteiger partial charge on any atom is -0.335 e. The molecule has 5 nitrogen and oxygen atoms in total. The second kappa shape index (κ2) is 6.29. The van der Waals surface area contributed by atoms with Crippen molar-refractivity contribution < 1.29 is 18.0 Å². The molecule has 0 aliphatic heterocycles. The third-order valence-corrected chi connectivity index (χ3v) is 5.52. The summed E-state index contributed by atoms with van der Waals surface area (Å²) in [4.78, 5) is 12.3. The van der Waals surface area contributed by atoms with Crippen LogP contribution in [0.3, 0.4) is 0 Å². The van der Waals surface area contributed by atoms with Crippen LogP contribution in [0.15, 0.2) is 6.20 Å². The lowest BCUT2D eigenvalue weighted by atomic mass is 9.70. The topological polar surface area (TPSA) is 59.0 Å². The number of halogens is 3. The molecular weight excluding hydrogens is 321 g/mol. The molecule has 134 valence electrons. The summed E-state index contributed by atoms with van der Waals surface area (Å²) in [6.45, 7) is 0. The van der Waals surface area contributed by atoms with E-state index < -0.39 is 17.9 Å². The maximum Gasteiger partial charge on any atom is 0.435 e. The quantitative estimate of drug-likeness (QED) is 0.850. The van der Waals surface area contributed by atoms with E-state index in [9.17, 15) is 18.0 Å². The average Bonchev–Trinajstić information content (AvgIpc) is 3.04.